The summed E-state index contributed by atoms with van der Waals surface area (Å²) in [5.74, 6) is 1.10. The molecular formula is C26H32N2O3. The number of ether oxygens (including phenoxy) is 1. The minimum atomic E-state index is -0.151. The molecule has 1 aliphatic rings. The Balaban J connectivity index is 1.54. The fourth-order valence-electron chi connectivity index (χ4n) is 4.49. The zero-order valence-electron chi connectivity index (χ0n) is 18.7. The van der Waals surface area contributed by atoms with Gasteiger partial charge in [0.05, 0.1) is 13.2 Å². The van der Waals surface area contributed by atoms with Crippen LogP contribution in [0.3, 0.4) is 0 Å². The van der Waals surface area contributed by atoms with E-state index >= 15 is 0 Å². The number of amides is 1. The number of hydrogen-bond acceptors (Lipinski definition) is 4. The first-order valence-corrected chi connectivity index (χ1v) is 11.3. The molecule has 0 radical (unpaired) electrons. The molecule has 2 aromatic carbocycles. The molecule has 2 heterocycles. The van der Waals surface area contributed by atoms with Gasteiger partial charge in [0.1, 0.15) is 11.3 Å². The number of likely N-dealkylation sites (tertiary alicyclic amines) is 1. The van der Waals surface area contributed by atoms with Crippen LogP contribution in [0.15, 0.2) is 46.9 Å². The highest BCUT2D eigenvalue weighted by Gasteiger charge is 2.25. The quantitative estimate of drug-likeness (QED) is 0.566. The summed E-state index contributed by atoms with van der Waals surface area (Å²) in [6.07, 6.45) is 4.63. The van der Waals surface area contributed by atoms with Gasteiger partial charge in [0.25, 0.3) is 5.91 Å². The molecule has 5 nitrogen and oxygen atoms in total. The Morgan fingerprint density at radius 3 is 2.55 bits per heavy atom. The van der Waals surface area contributed by atoms with Gasteiger partial charge in [-0.3, -0.25) is 9.69 Å². The van der Waals surface area contributed by atoms with Crippen LogP contribution in [0.4, 0.5) is 0 Å². The number of aryl methyl sites for hydroxylation is 2. The molecule has 1 amide bonds. The summed E-state index contributed by atoms with van der Waals surface area (Å²) >= 11 is 0. The van der Waals surface area contributed by atoms with Crippen LogP contribution in [-0.2, 0) is 6.42 Å². The third-order valence-electron chi connectivity index (χ3n) is 6.40. The van der Waals surface area contributed by atoms with E-state index in [0.29, 0.717) is 12.3 Å². The summed E-state index contributed by atoms with van der Waals surface area (Å²) in [5, 5.41) is 4.17. The van der Waals surface area contributed by atoms with Crippen LogP contribution in [-0.4, -0.2) is 37.6 Å². The normalized spacial score (nSPS) is 15.7. The van der Waals surface area contributed by atoms with Gasteiger partial charge in [0.2, 0.25) is 0 Å². The smallest absolute Gasteiger partial charge is 0.287 e. The van der Waals surface area contributed by atoms with Crippen molar-refractivity contribution in [2.75, 3.05) is 26.7 Å². The molecule has 1 aromatic heterocycles. The van der Waals surface area contributed by atoms with Crippen molar-refractivity contribution in [3.8, 4) is 5.75 Å². The maximum absolute atomic E-state index is 13.1. The maximum Gasteiger partial charge on any atom is 0.287 e. The largest absolute Gasteiger partial charge is 0.497 e. The number of carbonyl (C=O) groups is 1. The first-order valence-electron chi connectivity index (χ1n) is 11.3. The predicted molar refractivity (Wildman–Crippen MR) is 124 cm³/mol. The van der Waals surface area contributed by atoms with Crippen LogP contribution in [0.1, 0.15) is 59.5 Å². The Morgan fingerprint density at radius 1 is 1.13 bits per heavy atom. The molecule has 3 aromatic rings. The van der Waals surface area contributed by atoms with Crippen LogP contribution in [0.25, 0.3) is 11.0 Å². The number of rotatable bonds is 7. The molecule has 1 atom stereocenters. The van der Waals surface area contributed by atoms with E-state index < -0.39 is 0 Å². The molecule has 4 rings (SSSR count). The Bertz CT molecular complexity index is 1030. The van der Waals surface area contributed by atoms with Gasteiger partial charge in [-0.2, -0.15) is 0 Å². The van der Waals surface area contributed by atoms with Crippen LogP contribution < -0.4 is 10.1 Å². The molecule has 1 fully saturated rings. The van der Waals surface area contributed by atoms with Gasteiger partial charge in [0, 0.05) is 17.5 Å². The van der Waals surface area contributed by atoms with Crippen molar-refractivity contribution < 1.29 is 13.9 Å². The Hall–Kier alpha value is -2.79. The third kappa shape index (κ3) is 4.62. The van der Waals surface area contributed by atoms with E-state index in [1.54, 1.807) is 7.11 Å². The monoisotopic (exact) mass is 420 g/mol. The molecule has 0 bridgehead atoms. The van der Waals surface area contributed by atoms with Crippen molar-refractivity contribution in [3.63, 3.8) is 0 Å². The highest BCUT2D eigenvalue weighted by atomic mass is 16.5. The minimum Gasteiger partial charge on any atom is -0.497 e. The van der Waals surface area contributed by atoms with Crippen LogP contribution in [0.5, 0.6) is 5.75 Å². The van der Waals surface area contributed by atoms with Gasteiger partial charge in [-0.05, 0) is 74.7 Å². The lowest BCUT2D eigenvalue weighted by Gasteiger charge is -2.35. The number of nitrogens with one attached hydrogen (secondary N) is 1. The van der Waals surface area contributed by atoms with Crippen molar-refractivity contribution in [3.05, 3.63) is 64.9 Å². The standard InChI is InChI=1S/C26H32N2O3/c1-4-19-8-13-24-22(16-19)18(2)25(31-24)26(29)27-17-23(28-14-6-5-7-15-28)20-9-11-21(30-3)12-10-20/h8-13,16,23H,4-7,14-15,17H2,1-3H3,(H,27,29)/t23-/m1/s1. The van der Waals surface area contributed by atoms with E-state index in [4.69, 9.17) is 9.15 Å². The Morgan fingerprint density at radius 2 is 1.87 bits per heavy atom. The van der Waals surface area contributed by atoms with Gasteiger partial charge in [0.15, 0.2) is 5.76 Å². The summed E-state index contributed by atoms with van der Waals surface area (Å²) in [4.78, 5) is 15.5. The lowest BCUT2D eigenvalue weighted by Crippen LogP contribution is -2.40. The maximum atomic E-state index is 13.1. The summed E-state index contributed by atoms with van der Waals surface area (Å²) in [6, 6.07) is 14.5. The van der Waals surface area contributed by atoms with E-state index in [2.05, 4.69) is 41.4 Å². The fourth-order valence-corrected chi connectivity index (χ4v) is 4.49. The average Bonchev–Trinajstić information content (AvgIpc) is 3.16. The lowest BCUT2D eigenvalue weighted by atomic mass is 10.0. The topological polar surface area (TPSA) is 54.7 Å². The second-order valence-electron chi connectivity index (χ2n) is 8.34. The Labute approximate surface area is 184 Å². The van der Waals surface area contributed by atoms with Crippen molar-refractivity contribution in [2.45, 2.75) is 45.6 Å². The number of piperidine rings is 1. The summed E-state index contributed by atoms with van der Waals surface area (Å²) in [7, 11) is 1.68. The van der Waals surface area contributed by atoms with Gasteiger partial charge in [-0.1, -0.05) is 31.5 Å². The van der Waals surface area contributed by atoms with Crippen LogP contribution in [0, 0.1) is 6.92 Å². The number of nitrogens with zero attached hydrogens (tertiary/aromatic N) is 1. The first kappa shape index (κ1) is 21.4. The molecule has 0 aliphatic carbocycles. The van der Waals surface area contributed by atoms with E-state index in [0.717, 1.165) is 41.8 Å². The average molecular weight is 421 g/mol. The number of benzene rings is 2. The molecule has 0 saturated carbocycles. The summed E-state index contributed by atoms with van der Waals surface area (Å²) in [5.41, 5.74) is 4.11. The molecule has 31 heavy (non-hydrogen) atoms. The molecule has 0 spiro atoms. The number of furan rings is 1. The number of hydrogen-bond donors (Lipinski definition) is 1. The number of methoxy groups -OCH3 is 1. The number of carbonyl (C=O) groups excluding carboxylic acids is 1. The summed E-state index contributed by atoms with van der Waals surface area (Å²) in [6.45, 7) is 6.74. The van der Waals surface area contributed by atoms with E-state index in [1.165, 1.54) is 30.4 Å². The van der Waals surface area contributed by atoms with Crippen molar-refractivity contribution in [1.82, 2.24) is 10.2 Å². The minimum absolute atomic E-state index is 0.131. The fraction of sp³-hybridized carbons (Fsp3) is 0.423. The van der Waals surface area contributed by atoms with E-state index in [9.17, 15) is 4.79 Å². The van der Waals surface area contributed by atoms with E-state index in [1.807, 2.05) is 25.1 Å². The summed E-state index contributed by atoms with van der Waals surface area (Å²) < 4.78 is 11.2. The van der Waals surface area contributed by atoms with Gasteiger partial charge in [-0.15, -0.1) is 0 Å². The highest BCUT2D eigenvalue weighted by molar-refractivity contribution is 5.99. The van der Waals surface area contributed by atoms with Gasteiger partial charge >= 0.3 is 0 Å². The van der Waals surface area contributed by atoms with Gasteiger partial charge in [-0.25, -0.2) is 0 Å². The van der Waals surface area contributed by atoms with Crippen LogP contribution in [0.2, 0.25) is 0 Å². The highest BCUT2D eigenvalue weighted by Crippen LogP contribution is 2.28. The number of fused-ring (bicyclic) bond motifs is 1. The third-order valence-corrected chi connectivity index (χ3v) is 6.40. The second-order valence-corrected chi connectivity index (χ2v) is 8.34. The Kier molecular flexibility index (Phi) is 6.62. The van der Waals surface area contributed by atoms with Crippen molar-refractivity contribution in [1.29, 1.82) is 0 Å². The van der Waals surface area contributed by atoms with E-state index in [-0.39, 0.29) is 11.9 Å². The zero-order valence-corrected chi connectivity index (χ0v) is 18.7. The molecular weight excluding hydrogens is 388 g/mol. The molecule has 0 unspecified atom stereocenters. The van der Waals surface area contributed by atoms with Gasteiger partial charge < -0.3 is 14.5 Å². The first-order chi connectivity index (χ1) is 15.1. The lowest BCUT2D eigenvalue weighted by molar-refractivity contribution is 0.0898. The SMILES string of the molecule is CCc1ccc2oc(C(=O)NC[C@H](c3ccc(OC)cc3)N3CCCCC3)c(C)c2c1. The molecule has 1 N–H and O–H groups in total. The van der Waals surface area contributed by atoms with Crippen molar-refractivity contribution >= 4 is 16.9 Å². The molecule has 164 valence electrons. The molecule has 1 aliphatic heterocycles. The van der Waals surface area contributed by atoms with Crippen LogP contribution >= 0.6 is 0 Å². The zero-order chi connectivity index (χ0) is 21.8. The molecule has 1 saturated heterocycles. The molecule has 5 heteroatoms. The van der Waals surface area contributed by atoms with Crippen molar-refractivity contribution in [2.24, 2.45) is 0 Å². The predicted octanol–water partition coefficient (Wildman–Crippen LogP) is 5.27. The second kappa shape index (κ2) is 9.56.